The quantitative estimate of drug-likeness (QED) is 0.531. The maximum atomic E-state index is 4.47. The lowest BCUT2D eigenvalue weighted by molar-refractivity contribution is 0.558. The summed E-state index contributed by atoms with van der Waals surface area (Å²) in [5, 5.41) is 0. The largest absolute Gasteiger partial charge is 0.452 e. The van der Waals surface area contributed by atoms with E-state index in [1.165, 1.54) is 12.7 Å². The molecule has 0 bridgehead atoms. The van der Waals surface area contributed by atoms with Crippen LogP contribution in [0.1, 0.15) is 0 Å². The lowest BCUT2D eigenvalue weighted by Gasteiger charge is -1.70. The maximum Gasteiger partial charge on any atom is 0.180 e. The molecule has 2 heterocycles. The number of oxazole rings is 1. The van der Waals surface area contributed by atoms with E-state index in [0.29, 0.717) is 0 Å². The van der Waals surface area contributed by atoms with Crippen LogP contribution in [0.4, 0.5) is 0 Å². The monoisotopic (exact) mass is 162 g/mol. The fraction of sp³-hybridized carbons (Fsp3) is 0. The van der Waals surface area contributed by atoms with Crippen molar-refractivity contribution in [2.75, 3.05) is 0 Å². The van der Waals surface area contributed by atoms with Crippen LogP contribution in [0.25, 0.3) is 0 Å². The minimum absolute atomic E-state index is 0. The lowest BCUT2D eigenvalue weighted by atomic mass is 10.5. The molecule has 0 atom stereocenters. The number of hydrogen-bond donors (Lipinski definition) is 0. The molecule has 0 radical (unpaired) electrons. The van der Waals surface area contributed by atoms with Crippen molar-refractivity contribution in [3.63, 3.8) is 0 Å². The summed E-state index contributed by atoms with van der Waals surface area (Å²) in [7, 11) is 0. The van der Waals surface area contributed by atoms with Crippen LogP contribution in [0.3, 0.4) is 0 Å². The lowest BCUT2D eigenvalue weighted by Crippen LogP contribution is -1.58. The Morgan fingerprint density at radius 3 is 1.75 bits per heavy atom. The summed E-state index contributed by atoms with van der Waals surface area (Å²) < 4.78 is 4.47. The van der Waals surface area contributed by atoms with Crippen molar-refractivity contribution in [3.8, 4) is 0 Å². The van der Waals surface area contributed by atoms with E-state index >= 15 is 0 Å². The van der Waals surface area contributed by atoms with E-state index < -0.39 is 0 Å². The third-order valence-electron chi connectivity index (χ3n) is 0.914. The minimum Gasteiger partial charge on any atom is -0.452 e. The van der Waals surface area contributed by atoms with Crippen LogP contribution in [0, 0.1) is 0 Å². The van der Waals surface area contributed by atoms with Gasteiger partial charge in [-0.3, -0.25) is 4.98 Å². The van der Waals surface area contributed by atoms with Gasteiger partial charge in [0.1, 0.15) is 6.26 Å². The van der Waals surface area contributed by atoms with Gasteiger partial charge in [0.15, 0.2) is 6.39 Å². The highest BCUT2D eigenvalue weighted by Crippen LogP contribution is 1.73. The molecule has 0 saturated carbocycles. The van der Waals surface area contributed by atoms with E-state index in [9.17, 15) is 0 Å². The van der Waals surface area contributed by atoms with Crippen LogP contribution in [0.5, 0.6) is 0 Å². The van der Waals surface area contributed by atoms with Crippen LogP contribution < -0.4 is 0 Å². The predicted molar refractivity (Wildman–Crippen MR) is 50.7 cm³/mol. The standard InChI is InChI=1S/C5H5N.C3H3NO.BH3/c1-2-4-6-5-3-1;1-2-5-3-4-1;/h1-5H;1-3H;1H3. The molecule has 0 amide bonds. The Morgan fingerprint density at radius 1 is 0.833 bits per heavy atom. The summed E-state index contributed by atoms with van der Waals surface area (Å²) in [5.41, 5.74) is 0. The van der Waals surface area contributed by atoms with Crippen molar-refractivity contribution in [1.82, 2.24) is 9.97 Å². The van der Waals surface area contributed by atoms with Crippen molar-refractivity contribution in [1.29, 1.82) is 0 Å². The number of hydrogen-bond acceptors (Lipinski definition) is 3. The average Bonchev–Trinajstić information content (AvgIpc) is 2.64. The molecule has 0 saturated heterocycles. The van der Waals surface area contributed by atoms with Gasteiger partial charge in [-0.1, -0.05) is 6.07 Å². The molecule has 0 aliphatic rings. The van der Waals surface area contributed by atoms with Gasteiger partial charge in [0.05, 0.1) is 14.6 Å². The second-order valence-electron chi connectivity index (χ2n) is 1.70. The summed E-state index contributed by atoms with van der Waals surface area (Å²) in [4.78, 5) is 7.34. The first-order valence-corrected chi connectivity index (χ1v) is 3.17. The third-order valence-corrected chi connectivity index (χ3v) is 0.914. The van der Waals surface area contributed by atoms with E-state index in [1.807, 2.05) is 18.2 Å². The zero-order chi connectivity index (χ0) is 7.78. The second-order valence-corrected chi connectivity index (χ2v) is 1.70. The van der Waals surface area contributed by atoms with Crippen molar-refractivity contribution < 1.29 is 4.42 Å². The van der Waals surface area contributed by atoms with Gasteiger partial charge >= 0.3 is 0 Å². The molecule has 62 valence electrons. The van der Waals surface area contributed by atoms with Crippen LogP contribution in [0.2, 0.25) is 0 Å². The van der Waals surface area contributed by atoms with E-state index in [-0.39, 0.29) is 8.41 Å². The van der Waals surface area contributed by atoms with E-state index in [2.05, 4.69) is 14.4 Å². The molecule has 0 unspecified atom stereocenters. The first-order valence-electron chi connectivity index (χ1n) is 3.17. The zero-order valence-corrected chi connectivity index (χ0v) is 5.92. The van der Waals surface area contributed by atoms with Gasteiger partial charge in [-0.15, -0.1) is 0 Å². The van der Waals surface area contributed by atoms with Gasteiger partial charge in [-0.25, -0.2) is 4.98 Å². The van der Waals surface area contributed by atoms with Crippen molar-refractivity contribution in [2.24, 2.45) is 0 Å². The first-order chi connectivity index (χ1) is 5.50. The molecule has 2 rings (SSSR count). The topological polar surface area (TPSA) is 38.9 Å². The van der Waals surface area contributed by atoms with E-state index in [4.69, 9.17) is 0 Å². The summed E-state index contributed by atoms with van der Waals surface area (Å²) in [6.07, 6.45) is 7.97. The number of rotatable bonds is 0. The molecular weight excluding hydrogens is 151 g/mol. The van der Waals surface area contributed by atoms with Gasteiger partial charge in [-0.05, 0) is 12.1 Å². The Hall–Kier alpha value is -1.58. The number of nitrogens with zero attached hydrogens (tertiary/aromatic N) is 2. The van der Waals surface area contributed by atoms with Crippen molar-refractivity contribution >= 4 is 8.41 Å². The number of pyridine rings is 1. The average molecular weight is 162 g/mol. The Labute approximate surface area is 73.1 Å². The molecular formula is C8H11BN2O. The van der Waals surface area contributed by atoms with E-state index in [0.717, 1.165) is 0 Å². The fourth-order valence-corrected chi connectivity index (χ4v) is 0.488. The Bertz CT molecular complexity index is 203. The Kier molecular flexibility index (Phi) is 6.54. The van der Waals surface area contributed by atoms with Crippen LogP contribution in [-0.4, -0.2) is 18.4 Å². The van der Waals surface area contributed by atoms with E-state index in [1.54, 1.807) is 18.6 Å². The van der Waals surface area contributed by atoms with Crippen molar-refractivity contribution in [2.45, 2.75) is 0 Å². The van der Waals surface area contributed by atoms with Crippen molar-refractivity contribution in [3.05, 3.63) is 49.4 Å². The van der Waals surface area contributed by atoms with Crippen LogP contribution in [-0.2, 0) is 0 Å². The molecule has 0 fully saturated rings. The Morgan fingerprint density at radius 2 is 1.58 bits per heavy atom. The summed E-state index contributed by atoms with van der Waals surface area (Å²) in [5.74, 6) is 0. The molecule has 4 heteroatoms. The minimum atomic E-state index is 0. The highest BCUT2D eigenvalue weighted by molar-refractivity contribution is 5.75. The maximum absolute atomic E-state index is 4.47. The molecule has 0 aliphatic heterocycles. The normalized spacial score (nSPS) is 7.33. The van der Waals surface area contributed by atoms with Gasteiger partial charge in [-0.2, -0.15) is 0 Å². The molecule has 0 spiro atoms. The first kappa shape index (κ1) is 10.4. The van der Waals surface area contributed by atoms with Crippen LogP contribution in [0.15, 0.2) is 53.9 Å². The SMILES string of the molecule is B.c1ccncc1.c1cocn1. The molecule has 0 aromatic carbocycles. The molecule has 0 aliphatic carbocycles. The summed E-state index contributed by atoms with van der Waals surface area (Å²) >= 11 is 0. The van der Waals surface area contributed by atoms with Gasteiger partial charge in [0, 0.05) is 12.4 Å². The molecule has 3 nitrogen and oxygen atoms in total. The zero-order valence-electron chi connectivity index (χ0n) is 5.92. The smallest absolute Gasteiger partial charge is 0.180 e. The molecule has 0 N–H and O–H groups in total. The summed E-state index contributed by atoms with van der Waals surface area (Å²) in [6.45, 7) is 0. The fourth-order valence-electron chi connectivity index (χ4n) is 0.488. The van der Waals surface area contributed by atoms with Gasteiger partial charge in [0.2, 0.25) is 0 Å². The van der Waals surface area contributed by atoms with Gasteiger partial charge in [0.25, 0.3) is 0 Å². The molecule has 2 aromatic rings. The highest BCUT2D eigenvalue weighted by Gasteiger charge is 1.59. The summed E-state index contributed by atoms with van der Waals surface area (Å²) in [6, 6.07) is 5.72. The predicted octanol–water partition coefficient (Wildman–Crippen LogP) is 0.572. The molecule has 12 heavy (non-hydrogen) atoms. The molecule has 2 aromatic heterocycles. The van der Waals surface area contributed by atoms with Gasteiger partial charge < -0.3 is 4.42 Å². The highest BCUT2D eigenvalue weighted by atomic mass is 16.3. The third kappa shape index (κ3) is 5.23. The Balaban J connectivity index is 0.000000189. The second kappa shape index (κ2) is 7.53. The number of aromatic nitrogens is 2. The van der Waals surface area contributed by atoms with Crippen LogP contribution >= 0.6 is 0 Å².